The summed E-state index contributed by atoms with van der Waals surface area (Å²) in [5, 5.41) is 19.0. The minimum absolute atomic E-state index is 0.0491. The molecule has 1 aromatic rings. The van der Waals surface area contributed by atoms with Gasteiger partial charge in [-0.15, -0.1) is 0 Å². The Hall–Kier alpha value is -2.24. The number of aliphatic carboxylic acids is 1. The number of nitro benzene ring substituents is 1. The molecular weight excluding hydrogens is 212 g/mol. The molecule has 1 N–H and O–H groups in total. The van der Waals surface area contributed by atoms with Gasteiger partial charge in [0.05, 0.1) is 4.92 Å². The first kappa shape index (κ1) is 11.8. The van der Waals surface area contributed by atoms with Gasteiger partial charge in [0.1, 0.15) is 6.04 Å². The smallest absolute Gasteiger partial charge is 0.328 e. The monoisotopic (exact) mass is 222 g/mol. The highest BCUT2D eigenvalue weighted by Crippen LogP contribution is 2.11. The van der Waals surface area contributed by atoms with Gasteiger partial charge in [-0.3, -0.25) is 15.1 Å². The molecule has 1 atom stereocenters. The standard InChI is InChI=1S/C10H10N2O4/c1-7(10(13)14)11-6-8-3-2-4-9(5-8)12(15)16/h2-7H,1H3,(H,13,14). The van der Waals surface area contributed by atoms with Crippen LogP contribution < -0.4 is 0 Å². The van der Waals surface area contributed by atoms with Gasteiger partial charge in [-0.1, -0.05) is 12.1 Å². The zero-order valence-electron chi connectivity index (χ0n) is 8.53. The van der Waals surface area contributed by atoms with Crippen molar-refractivity contribution < 1.29 is 14.8 Å². The SMILES string of the molecule is CC(N=Cc1cccc([N+](=O)[O-])c1)C(=O)O. The molecular formula is C10H10N2O4. The van der Waals surface area contributed by atoms with Crippen LogP contribution in [-0.4, -0.2) is 28.3 Å². The first-order valence-electron chi connectivity index (χ1n) is 4.51. The molecule has 0 amide bonds. The van der Waals surface area contributed by atoms with Crippen molar-refractivity contribution in [1.29, 1.82) is 0 Å². The van der Waals surface area contributed by atoms with Gasteiger partial charge < -0.3 is 5.11 Å². The number of carbonyl (C=O) groups is 1. The Morgan fingerprint density at radius 1 is 1.62 bits per heavy atom. The molecule has 1 aromatic carbocycles. The number of benzene rings is 1. The number of hydrogen-bond donors (Lipinski definition) is 1. The Balaban J connectivity index is 2.85. The quantitative estimate of drug-likeness (QED) is 0.474. The van der Waals surface area contributed by atoms with E-state index in [0.29, 0.717) is 5.56 Å². The number of aliphatic imine (C=N–C) groups is 1. The molecule has 16 heavy (non-hydrogen) atoms. The number of carboxylic acids is 1. The minimum atomic E-state index is -1.04. The van der Waals surface area contributed by atoms with Crippen molar-refractivity contribution in [2.24, 2.45) is 4.99 Å². The lowest BCUT2D eigenvalue weighted by atomic mass is 10.2. The number of nitro groups is 1. The molecule has 0 aliphatic heterocycles. The number of rotatable bonds is 4. The van der Waals surface area contributed by atoms with Crippen LogP contribution in [0.2, 0.25) is 0 Å². The van der Waals surface area contributed by atoms with E-state index < -0.39 is 16.9 Å². The second-order valence-corrected chi connectivity index (χ2v) is 3.14. The molecule has 1 unspecified atom stereocenters. The summed E-state index contributed by atoms with van der Waals surface area (Å²) in [5.41, 5.74) is 0.453. The van der Waals surface area contributed by atoms with Crippen LogP contribution in [0.3, 0.4) is 0 Å². The lowest BCUT2D eigenvalue weighted by Gasteiger charge is -1.98. The molecule has 0 saturated heterocycles. The summed E-state index contributed by atoms with van der Waals surface area (Å²) >= 11 is 0. The Kier molecular flexibility index (Phi) is 3.71. The molecule has 0 bridgehead atoms. The summed E-state index contributed by atoms with van der Waals surface area (Å²) in [4.78, 5) is 24.2. The van der Waals surface area contributed by atoms with Crippen LogP contribution in [0, 0.1) is 10.1 Å². The lowest BCUT2D eigenvalue weighted by molar-refractivity contribution is -0.384. The van der Waals surface area contributed by atoms with Crippen LogP contribution in [-0.2, 0) is 4.79 Å². The lowest BCUT2D eigenvalue weighted by Crippen LogP contribution is -2.13. The van der Waals surface area contributed by atoms with Crippen molar-refractivity contribution in [1.82, 2.24) is 0 Å². The number of hydrogen-bond acceptors (Lipinski definition) is 4. The maximum Gasteiger partial charge on any atom is 0.328 e. The van der Waals surface area contributed by atoms with Crippen molar-refractivity contribution in [2.75, 3.05) is 0 Å². The van der Waals surface area contributed by atoms with Gasteiger partial charge in [0.25, 0.3) is 5.69 Å². The highest BCUT2D eigenvalue weighted by Gasteiger charge is 2.07. The van der Waals surface area contributed by atoms with E-state index >= 15 is 0 Å². The maximum absolute atomic E-state index is 10.5. The topological polar surface area (TPSA) is 92.8 Å². The van der Waals surface area contributed by atoms with E-state index in [0.717, 1.165) is 0 Å². The summed E-state index contributed by atoms with van der Waals surface area (Å²) in [6.45, 7) is 1.43. The van der Waals surface area contributed by atoms with Crippen molar-refractivity contribution in [3.05, 3.63) is 39.9 Å². The van der Waals surface area contributed by atoms with E-state index in [1.54, 1.807) is 6.07 Å². The van der Waals surface area contributed by atoms with E-state index in [2.05, 4.69) is 4.99 Å². The molecule has 6 heteroatoms. The van der Waals surface area contributed by atoms with Crippen LogP contribution in [0.25, 0.3) is 0 Å². The third-order valence-electron chi connectivity index (χ3n) is 1.89. The normalized spacial score (nSPS) is 12.6. The fraction of sp³-hybridized carbons (Fsp3) is 0.200. The molecule has 1 rings (SSSR count). The van der Waals surface area contributed by atoms with Crippen LogP contribution in [0.4, 0.5) is 5.69 Å². The third kappa shape index (κ3) is 3.16. The predicted molar refractivity (Wildman–Crippen MR) is 57.8 cm³/mol. The second-order valence-electron chi connectivity index (χ2n) is 3.14. The fourth-order valence-corrected chi connectivity index (χ4v) is 0.980. The fourth-order valence-electron chi connectivity index (χ4n) is 0.980. The molecule has 6 nitrogen and oxygen atoms in total. The molecule has 0 radical (unpaired) electrons. The molecule has 0 saturated carbocycles. The van der Waals surface area contributed by atoms with Gasteiger partial charge >= 0.3 is 5.97 Å². The van der Waals surface area contributed by atoms with Gasteiger partial charge in [-0.05, 0) is 12.5 Å². The van der Waals surface area contributed by atoms with Crippen LogP contribution in [0.15, 0.2) is 29.3 Å². The average Bonchev–Trinajstić information content (AvgIpc) is 2.26. The average molecular weight is 222 g/mol. The molecule has 0 aromatic heterocycles. The van der Waals surface area contributed by atoms with Crippen molar-refractivity contribution in [2.45, 2.75) is 13.0 Å². The second kappa shape index (κ2) is 5.01. The van der Waals surface area contributed by atoms with Crippen molar-refractivity contribution >= 4 is 17.9 Å². The van der Waals surface area contributed by atoms with Gasteiger partial charge in [-0.2, -0.15) is 0 Å². The summed E-state index contributed by atoms with van der Waals surface area (Å²) in [5.74, 6) is -1.04. The highest BCUT2D eigenvalue weighted by molar-refractivity contribution is 5.83. The third-order valence-corrected chi connectivity index (χ3v) is 1.89. The number of nitrogens with zero attached hydrogens (tertiary/aromatic N) is 2. The Morgan fingerprint density at radius 2 is 2.31 bits per heavy atom. The molecule has 0 aliphatic carbocycles. The molecule has 0 spiro atoms. The zero-order chi connectivity index (χ0) is 12.1. The van der Waals surface area contributed by atoms with Crippen molar-refractivity contribution in [3.8, 4) is 0 Å². The van der Waals surface area contributed by atoms with Gasteiger partial charge in [0.2, 0.25) is 0 Å². The molecule has 0 heterocycles. The van der Waals surface area contributed by atoms with E-state index in [-0.39, 0.29) is 5.69 Å². The first-order valence-corrected chi connectivity index (χ1v) is 4.51. The van der Waals surface area contributed by atoms with Gasteiger partial charge in [0, 0.05) is 18.3 Å². The van der Waals surface area contributed by atoms with Crippen molar-refractivity contribution in [3.63, 3.8) is 0 Å². The maximum atomic E-state index is 10.5. The summed E-state index contributed by atoms with van der Waals surface area (Å²) in [6, 6.07) is 4.96. The number of carboxylic acid groups (broad SMARTS) is 1. The minimum Gasteiger partial charge on any atom is -0.480 e. The first-order chi connectivity index (χ1) is 7.50. The Morgan fingerprint density at radius 3 is 2.88 bits per heavy atom. The summed E-state index contributed by atoms with van der Waals surface area (Å²) in [6.07, 6.45) is 1.31. The Bertz CT molecular complexity index is 442. The van der Waals surface area contributed by atoms with E-state index in [4.69, 9.17) is 5.11 Å². The van der Waals surface area contributed by atoms with E-state index in [9.17, 15) is 14.9 Å². The van der Waals surface area contributed by atoms with Gasteiger partial charge in [0.15, 0.2) is 0 Å². The molecule has 84 valence electrons. The van der Waals surface area contributed by atoms with E-state index in [1.165, 1.54) is 31.3 Å². The predicted octanol–water partition coefficient (Wildman–Crippen LogP) is 1.49. The number of non-ortho nitro benzene ring substituents is 1. The largest absolute Gasteiger partial charge is 0.480 e. The molecule has 0 fully saturated rings. The van der Waals surface area contributed by atoms with Crippen LogP contribution >= 0.6 is 0 Å². The summed E-state index contributed by atoms with van der Waals surface area (Å²) < 4.78 is 0. The highest BCUT2D eigenvalue weighted by atomic mass is 16.6. The summed E-state index contributed by atoms with van der Waals surface area (Å²) in [7, 11) is 0. The van der Waals surface area contributed by atoms with Crippen LogP contribution in [0.5, 0.6) is 0 Å². The van der Waals surface area contributed by atoms with E-state index in [1.807, 2.05) is 0 Å². The van der Waals surface area contributed by atoms with Crippen LogP contribution in [0.1, 0.15) is 12.5 Å². The molecule has 0 aliphatic rings. The Labute approximate surface area is 91.4 Å². The van der Waals surface area contributed by atoms with Gasteiger partial charge in [-0.25, -0.2) is 4.79 Å². The zero-order valence-corrected chi connectivity index (χ0v) is 8.53.